The lowest BCUT2D eigenvalue weighted by Crippen LogP contribution is -2.13. The van der Waals surface area contributed by atoms with Gasteiger partial charge in [0.2, 0.25) is 0 Å². The number of aryl methyl sites for hydroxylation is 1. The summed E-state index contributed by atoms with van der Waals surface area (Å²) in [6.07, 6.45) is 2.42. The van der Waals surface area contributed by atoms with Gasteiger partial charge in [-0.1, -0.05) is 26.0 Å². The highest BCUT2D eigenvalue weighted by atomic mass is 32.1. The van der Waals surface area contributed by atoms with E-state index in [1.165, 1.54) is 18.3 Å². The van der Waals surface area contributed by atoms with Crippen molar-refractivity contribution < 1.29 is 28.2 Å². The van der Waals surface area contributed by atoms with Crippen molar-refractivity contribution in [2.45, 2.75) is 33.6 Å². The van der Waals surface area contributed by atoms with Crippen LogP contribution >= 0.6 is 11.3 Å². The molecule has 0 aliphatic heterocycles. The third kappa shape index (κ3) is 5.24. The lowest BCUT2D eigenvalue weighted by Gasteiger charge is -2.19. The fraction of sp³-hybridized carbons (Fsp3) is 0.269. The number of fused-ring (bicyclic) bond motifs is 3. The number of nitrogens with one attached hydrogen (secondary N) is 1. The number of amides is 1. The van der Waals surface area contributed by atoms with Gasteiger partial charge in [-0.25, -0.2) is 18.6 Å². The Bertz CT molecular complexity index is 1320. The van der Waals surface area contributed by atoms with Gasteiger partial charge in [0.15, 0.2) is 5.13 Å². The Morgan fingerprint density at radius 2 is 1.94 bits per heavy atom. The molecule has 0 spiro atoms. The van der Waals surface area contributed by atoms with Crippen LogP contribution in [0.4, 0.5) is 13.9 Å². The second kappa shape index (κ2) is 9.95. The van der Waals surface area contributed by atoms with E-state index < -0.39 is 29.1 Å². The van der Waals surface area contributed by atoms with Crippen LogP contribution < -0.4 is 10.1 Å². The average Bonchev–Trinajstić information content (AvgIpc) is 3.22. The van der Waals surface area contributed by atoms with Crippen LogP contribution in [-0.2, 0) is 17.6 Å². The van der Waals surface area contributed by atoms with Gasteiger partial charge >= 0.3 is 5.97 Å². The van der Waals surface area contributed by atoms with E-state index >= 15 is 0 Å². The SMILES string of the molecule is CC(=Cc1c(F)cc(C(=O)Nc2nc3c(s2)CCc2c(OCC(C)C)cccc2-3)cc1F)C(=O)O. The maximum atomic E-state index is 14.5. The largest absolute Gasteiger partial charge is 0.493 e. The molecule has 2 aromatic carbocycles. The minimum absolute atomic E-state index is 0.230. The summed E-state index contributed by atoms with van der Waals surface area (Å²) in [5.74, 6) is -2.84. The fourth-order valence-corrected chi connectivity index (χ4v) is 4.73. The molecular weight excluding hydrogens is 474 g/mol. The molecule has 3 aromatic rings. The Balaban J connectivity index is 1.57. The summed E-state index contributed by atoms with van der Waals surface area (Å²) < 4.78 is 34.9. The number of hydrogen-bond acceptors (Lipinski definition) is 5. The number of hydrogen-bond donors (Lipinski definition) is 2. The van der Waals surface area contributed by atoms with Gasteiger partial charge in [0, 0.05) is 32.7 Å². The number of ether oxygens (including phenoxy) is 1. The number of thiazole rings is 1. The molecule has 1 aliphatic carbocycles. The van der Waals surface area contributed by atoms with E-state index in [9.17, 15) is 18.4 Å². The van der Waals surface area contributed by atoms with Crippen LogP contribution in [0, 0.1) is 17.6 Å². The Hall–Kier alpha value is -3.59. The fourth-order valence-electron chi connectivity index (χ4n) is 3.76. The first-order valence-corrected chi connectivity index (χ1v) is 11.9. The van der Waals surface area contributed by atoms with Crippen molar-refractivity contribution in [3.8, 4) is 17.0 Å². The molecule has 4 rings (SSSR count). The van der Waals surface area contributed by atoms with E-state index in [1.54, 1.807) is 0 Å². The van der Waals surface area contributed by atoms with Gasteiger partial charge in [-0.3, -0.25) is 10.1 Å². The van der Waals surface area contributed by atoms with Gasteiger partial charge in [0.05, 0.1) is 12.3 Å². The zero-order valence-corrected chi connectivity index (χ0v) is 20.3. The zero-order chi connectivity index (χ0) is 25.3. The summed E-state index contributed by atoms with van der Waals surface area (Å²) in [5.41, 5.74) is 1.82. The first kappa shape index (κ1) is 24.5. The third-order valence-electron chi connectivity index (χ3n) is 5.52. The maximum Gasteiger partial charge on any atom is 0.331 e. The molecule has 9 heteroatoms. The van der Waals surface area contributed by atoms with Gasteiger partial charge in [-0.15, -0.1) is 11.3 Å². The summed E-state index contributed by atoms with van der Waals surface area (Å²) in [6.45, 7) is 6.01. The molecule has 182 valence electrons. The zero-order valence-electron chi connectivity index (χ0n) is 19.4. The summed E-state index contributed by atoms with van der Waals surface area (Å²) in [7, 11) is 0. The molecule has 1 heterocycles. The van der Waals surface area contributed by atoms with Crippen molar-refractivity contribution in [1.82, 2.24) is 4.98 Å². The number of carboxylic acid groups (broad SMARTS) is 1. The Labute approximate surface area is 205 Å². The van der Waals surface area contributed by atoms with Crippen LogP contribution in [-0.4, -0.2) is 28.6 Å². The van der Waals surface area contributed by atoms with Crippen molar-refractivity contribution in [2.24, 2.45) is 5.92 Å². The monoisotopic (exact) mass is 498 g/mol. The number of nitrogens with zero attached hydrogens (tertiary/aromatic N) is 1. The van der Waals surface area contributed by atoms with Crippen molar-refractivity contribution in [3.63, 3.8) is 0 Å². The summed E-state index contributed by atoms with van der Waals surface area (Å²) in [6, 6.07) is 7.58. The number of carbonyl (C=O) groups excluding carboxylic acids is 1. The molecule has 1 amide bonds. The van der Waals surface area contributed by atoms with E-state index in [0.717, 1.165) is 58.5 Å². The summed E-state index contributed by atoms with van der Waals surface area (Å²) in [5, 5.41) is 11.9. The number of anilines is 1. The number of aliphatic carboxylic acids is 1. The topological polar surface area (TPSA) is 88.5 Å². The van der Waals surface area contributed by atoms with Gasteiger partial charge in [0.25, 0.3) is 5.91 Å². The van der Waals surface area contributed by atoms with Crippen LogP contribution in [0.5, 0.6) is 5.75 Å². The molecule has 6 nitrogen and oxygen atoms in total. The lowest BCUT2D eigenvalue weighted by molar-refractivity contribution is -0.132. The predicted octanol–water partition coefficient (Wildman–Crippen LogP) is 5.96. The molecule has 0 saturated heterocycles. The lowest BCUT2D eigenvalue weighted by atomic mass is 9.93. The molecule has 0 radical (unpaired) electrons. The van der Waals surface area contributed by atoms with E-state index in [-0.39, 0.29) is 11.1 Å². The van der Waals surface area contributed by atoms with Crippen molar-refractivity contribution >= 4 is 34.4 Å². The second-order valence-electron chi connectivity index (χ2n) is 8.72. The molecule has 0 saturated carbocycles. The molecule has 0 unspecified atom stereocenters. The van der Waals surface area contributed by atoms with Crippen LogP contribution in [0.25, 0.3) is 17.3 Å². The predicted molar refractivity (Wildman–Crippen MR) is 131 cm³/mol. The first-order valence-electron chi connectivity index (χ1n) is 11.1. The van der Waals surface area contributed by atoms with Crippen LogP contribution in [0.15, 0.2) is 35.9 Å². The molecule has 0 bridgehead atoms. The number of benzene rings is 2. The highest BCUT2D eigenvalue weighted by molar-refractivity contribution is 7.16. The van der Waals surface area contributed by atoms with Gasteiger partial charge in [0.1, 0.15) is 17.4 Å². The first-order chi connectivity index (χ1) is 16.6. The maximum absolute atomic E-state index is 14.5. The van der Waals surface area contributed by atoms with Crippen molar-refractivity contribution in [2.75, 3.05) is 11.9 Å². The molecule has 0 atom stereocenters. The molecule has 0 fully saturated rings. The van der Waals surface area contributed by atoms with Gasteiger partial charge < -0.3 is 9.84 Å². The Morgan fingerprint density at radius 1 is 1.23 bits per heavy atom. The number of carbonyl (C=O) groups is 2. The van der Waals surface area contributed by atoms with Crippen LogP contribution in [0.2, 0.25) is 0 Å². The standard InChI is InChI=1S/C26H24F2N2O4S/c1-13(2)12-34-21-6-4-5-17-16(21)7-8-22-23(17)29-26(35-22)30-24(31)15-10-19(27)18(20(28)11-15)9-14(3)25(32)33/h4-6,9-11,13H,7-8,12H2,1-3H3,(H,32,33)(H,29,30,31). The molecule has 35 heavy (non-hydrogen) atoms. The van der Waals surface area contributed by atoms with E-state index in [1.807, 2.05) is 18.2 Å². The van der Waals surface area contributed by atoms with Gasteiger partial charge in [-0.2, -0.15) is 0 Å². The normalized spacial score (nSPS) is 12.8. The Morgan fingerprint density at radius 3 is 2.60 bits per heavy atom. The van der Waals surface area contributed by atoms with Crippen LogP contribution in [0.1, 0.15) is 47.1 Å². The van der Waals surface area contributed by atoms with E-state index in [4.69, 9.17) is 9.84 Å². The Kier molecular flexibility index (Phi) is 6.98. The summed E-state index contributed by atoms with van der Waals surface area (Å²) in [4.78, 5) is 29.3. The molecule has 1 aliphatic rings. The number of carboxylic acids is 1. The molecular formula is C26H24F2N2O4S. The summed E-state index contributed by atoms with van der Waals surface area (Å²) >= 11 is 1.32. The minimum Gasteiger partial charge on any atom is -0.493 e. The molecule has 2 N–H and O–H groups in total. The van der Waals surface area contributed by atoms with Crippen LogP contribution in [0.3, 0.4) is 0 Å². The molecule has 1 aromatic heterocycles. The van der Waals surface area contributed by atoms with E-state index in [2.05, 4.69) is 24.1 Å². The second-order valence-corrected chi connectivity index (χ2v) is 9.80. The van der Waals surface area contributed by atoms with Crippen molar-refractivity contribution in [1.29, 1.82) is 0 Å². The smallest absolute Gasteiger partial charge is 0.331 e. The van der Waals surface area contributed by atoms with Gasteiger partial charge in [-0.05, 0) is 50.0 Å². The quantitative estimate of drug-likeness (QED) is 0.392. The minimum atomic E-state index is -1.29. The highest BCUT2D eigenvalue weighted by Crippen LogP contribution is 2.41. The number of halogens is 2. The highest BCUT2D eigenvalue weighted by Gasteiger charge is 2.25. The third-order valence-corrected chi connectivity index (χ3v) is 6.55. The average molecular weight is 499 g/mol. The number of rotatable bonds is 7. The number of aromatic nitrogens is 1. The van der Waals surface area contributed by atoms with E-state index in [0.29, 0.717) is 17.7 Å². The van der Waals surface area contributed by atoms with Crippen molar-refractivity contribution in [3.05, 3.63) is 69.1 Å².